The Morgan fingerprint density at radius 2 is 1.75 bits per heavy atom. The van der Waals surface area contributed by atoms with E-state index in [0.29, 0.717) is 45.0 Å². The summed E-state index contributed by atoms with van der Waals surface area (Å²) in [5.74, 6) is -1.33. The average molecular weight is 390 g/mol. The second kappa shape index (κ2) is 7.56. The first-order valence-corrected chi connectivity index (χ1v) is 9.24. The Balaban J connectivity index is 1.53. The van der Waals surface area contributed by atoms with Crippen LogP contribution in [0.2, 0.25) is 0 Å². The van der Waals surface area contributed by atoms with E-state index in [1.165, 1.54) is 18.2 Å². The molecule has 0 aromatic heterocycles. The molecule has 28 heavy (non-hydrogen) atoms. The fourth-order valence-electron chi connectivity index (χ4n) is 4.08. The van der Waals surface area contributed by atoms with Gasteiger partial charge in [0.1, 0.15) is 17.5 Å². The number of nitrogens with zero attached hydrogens (tertiary/aromatic N) is 2. The molecule has 4 rings (SSSR count). The van der Waals surface area contributed by atoms with E-state index in [9.17, 15) is 18.0 Å². The molecule has 0 aliphatic carbocycles. The minimum absolute atomic E-state index is 0.0472. The van der Waals surface area contributed by atoms with Gasteiger partial charge in [-0.1, -0.05) is 0 Å². The largest absolute Gasteiger partial charge is 0.379 e. The lowest BCUT2D eigenvalue weighted by Crippen LogP contribution is -2.40. The summed E-state index contributed by atoms with van der Waals surface area (Å²) in [6.45, 7) is 2.68. The van der Waals surface area contributed by atoms with Crippen molar-refractivity contribution in [2.45, 2.75) is 13.0 Å². The number of rotatable bonds is 3. The Labute approximate surface area is 161 Å². The first-order valence-electron chi connectivity index (χ1n) is 9.24. The Morgan fingerprint density at radius 3 is 2.54 bits per heavy atom. The van der Waals surface area contributed by atoms with Gasteiger partial charge in [-0.05, 0) is 42.5 Å². The van der Waals surface area contributed by atoms with Gasteiger partial charge in [0.15, 0.2) is 0 Å². The standard InChI is InChI=1S/C21H21F3N2O2/c22-16-1-4-18(5-2-16)26-13-21(10-20(26)27)12-25(7-8-28-14-21)11-15-9-17(23)3-6-19(15)24/h1-6,9H,7-8,10-14H2/t21-/m1/s1. The fourth-order valence-corrected chi connectivity index (χ4v) is 4.08. The average Bonchev–Trinajstić information content (AvgIpc) is 2.85. The molecule has 0 bridgehead atoms. The van der Waals surface area contributed by atoms with E-state index in [0.717, 1.165) is 12.1 Å². The van der Waals surface area contributed by atoms with Crippen LogP contribution in [-0.4, -0.2) is 43.7 Å². The second-order valence-electron chi connectivity index (χ2n) is 7.63. The third-order valence-electron chi connectivity index (χ3n) is 5.38. The van der Waals surface area contributed by atoms with E-state index >= 15 is 0 Å². The van der Waals surface area contributed by atoms with Crippen molar-refractivity contribution in [2.24, 2.45) is 5.41 Å². The number of anilines is 1. The lowest BCUT2D eigenvalue weighted by atomic mass is 9.87. The minimum atomic E-state index is -0.476. The quantitative estimate of drug-likeness (QED) is 0.806. The highest BCUT2D eigenvalue weighted by Gasteiger charge is 2.46. The Hall–Kier alpha value is -2.38. The van der Waals surface area contributed by atoms with Crippen LogP contribution >= 0.6 is 0 Å². The third kappa shape index (κ3) is 3.91. The molecule has 7 heteroatoms. The van der Waals surface area contributed by atoms with Crippen molar-refractivity contribution in [1.82, 2.24) is 4.90 Å². The molecular weight excluding hydrogens is 369 g/mol. The summed E-state index contributed by atoms with van der Waals surface area (Å²) in [5, 5.41) is 0. The van der Waals surface area contributed by atoms with Crippen LogP contribution in [-0.2, 0) is 16.1 Å². The molecule has 2 fully saturated rings. The first-order chi connectivity index (χ1) is 13.4. The normalized spacial score (nSPS) is 23.4. The zero-order chi connectivity index (χ0) is 19.7. The lowest BCUT2D eigenvalue weighted by molar-refractivity contribution is -0.118. The van der Waals surface area contributed by atoms with Crippen LogP contribution in [0.4, 0.5) is 18.9 Å². The topological polar surface area (TPSA) is 32.8 Å². The van der Waals surface area contributed by atoms with Crippen molar-refractivity contribution in [2.75, 3.05) is 37.7 Å². The van der Waals surface area contributed by atoms with Gasteiger partial charge < -0.3 is 9.64 Å². The molecule has 2 aliphatic heterocycles. The number of hydrogen-bond donors (Lipinski definition) is 0. The van der Waals surface area contributed by atoms with E-state index in [2.05, 4.69) is 0 Å². The SMILES string of the molecule is O=C1C[C@]2(COCCN(Cc3cc(F)ccc3F)C2)CN1c1ccc(F)cc1. The summed E-state index contributed by atoms with van der Waals surface area (Å²) < 4.78 is 46.5. The highest BCUT2D eigenvalue weighted by Crippen LogP contribution is 2.37. The summed E-state index contributed by atoms with van der Waals surface area (Å²) in [4.78, 5) is 16.3. The Bertz CT molecular complexity index is 874. The smallest absolute Gasteiger partial charge is 0.227 e. The molecule has 2 aromatic rings. The van der Waals surface area contributed by atoms with Crippen molar-refractivity contribution >= 4 is 11.6 Å². The van der Waals surface area contributed by atoms with Crippen molar-refractivity contribution in [3.8, 4) is 0 Å². The summed E-state index contributed by atoms with van der Waals surface area (Å²) in [6, 6.07) is 9.27. The zero-order valence-electron chi connectivity index (χ0n) is 15.3. The Kier molecular flexibility index (Phi) is 5.12. The lowest BCUT2D eigenvalue weighted by Gasteiger charge is -2.31. The number of ether oxygens (including phenoxy) is 1. The van der Waals surface area contributed by atoms with Crippen molar-refractivity contribution < 1.29 is 22.7 Å². The van der Waals surface area contributed by atoms with Gasteiger partial charge in [0.05, 0.1) is 13.2 Å². The molecular formula is C21H21F3N2O2. The van der Waals surface area contributed by atoms with Gasteiger partial charge in [-0.25, -0.2) is 13.2 Å². The van der Waals surface area contributed by atoms with Gasteiger partial charge in [0.25, 0.3) is 0 Å². The van der Waals surface area contributed by atoms with Crippen LogP contribution in [0.5, 0.6) is 0 Å². The number of benzene rings is 2. The molecule has 148 valence electrons. The number of hydrogen-bond acceptors (Lipinski definition) is 3. The molecule has 0 N–H and O–H groups in total. The molecule has 2 aliphatic rings. The van der Waals surface area contributed by atoms with Crippen molar-refractivity contribution in [3.05, 3.63) is 65.5 Å². The van der Waals surface area contributed by atoms with Gasteiger partial charge >= 0.3 is 0 Å². The van der Waals surface area contributed by atoms with Crippen molar-refractivity contribution in [3.63, 3.8) is 0 Å². The van der Waals surface area contributed by atoms with E-state index in [1.54, 1.807) is 17.0 Å². The molecule has 0 saturated carbocycles. The number of amides is 1. The van der Waals surface area contributed by atoms with Crippen LogP contribution in [0.3, 0.4) is 0 Å². The molecule has 0 radical (unpaired) electrons. The summed E-state index contributed by atoms with van der Waals surface area (Å²) in [5.41, 5.74) is 0.498. The van der Waals surface area contributed by atoms with Crippen LogP contribution in [0.15, 0.2) is 42.5 Å². The number of carbonyl (C=O) groups is 1. The maximum atomic E-state index is 14.1. The number of carbonyl (C=O) groups excluding carboxylic acids is 1. The maximum absolute atomic E-state index is 14.1. The van der Waals surface area contributed by atoms with Gasteiger partial charge in [0.2, 0.25) is 5.91 Å². The van der Waals surface area contributed by atoms with E-state index in [-0.39, 0.29) is 23.8 Å². The predicted molar refractivity (Wildman–Crippen MR) is 98.3 cm³/mol. The maximum Gasteiger partial charge on any atom is 0.227 e. The third-order valence-corrected chi connectivity index (χ3v) is 5.38. The molecule has 2 heterocycles. The fraction of sp³-hybridized carbons (Fsp3) is 0.381. The van der Waals surface area contributed by atoms with E-state index < -0.39 is 17.0 Å². The highest BCUT2D eigenvalue weighted by atomic mass is 19.1. The van der Waals surface area contributed by atoms with Gasteiger partial charge in [-0.3, -0.25) is 9.69 Å². The van der Waals surface area contributed by atoms with E-state index in [4.69, 9.17) is 4.74 Å². The highest BCUT2D eigenvalue weighted by molar-refractivity contribution is 5.96. The van der Waals surface area contributed by atoms with Crippen LogP contribution in [0, 0.1) is 22.9 Å². The van der Waals surface area contributed by atoms with Crippen LogP contribution in [0.1, 0.15) is 12.0 Å². The van der Waals surface area contributed by atoms with Crippen molar-refractivity contribution in [1.29, 1.82) is 0 Å². The van der Waals surface area contributed by atoms with Crippen LogP contribution in [0.25, 0.3) is 0 Å². The van der Waals surface area contributed by atoms with Gasteiger partial charge in [-0.2, -0.15) is 0 Å². The molecule has 1 amide bonds. The second-order valence-corrected chi connectivity index (χ2v) is 7.63. The molecule has 4 nitrogen and oxygen atoms in total. The first kappa shape index (κ1) is 19.0. The molecule has 1 spiro atoms. The minimum Gasteiger partial charge on any atom is -0.379 e. The summed E-state index contributed by atoms with van der Waals surface area (Å²) in [6.07, 6.45) is 0.298. The Morgan fingerprint density at radius 1 is 1.00 bits per heavy atom. The van der Waals surface area contributed by atoms with Crippen LogP contribution < -0.4 is 4.90 Å². The van der Waals surface area contributed by atoms with E-state index in [1.807, 2.05) is 4.90 Å². The molecule has 1 atom stereocenters. The summed E-state index contributed by atoms with van der Waals surface area (Å²) in [7, 11) is 0. The predicted octanol–water partition coefficient (Wildman–Crippen LogP) is 3.36. The molecule has 0 unspecified atom stereocenters. The molecule has 2 aromatic carbocycles. The summed E-state index contributed by atoms with van der Waals surface area (Å²) >= 11 is 0. The monoisotopic (exact) mass is 390 g/mol. The van der Waals surface area contributed by atoms with Gasteiger partial charge in [0, 0.05) is 49.3 Å². The zero-order valence-corrected chi connectivity index (χ0v) is 15.3. The number of halogens is 3. The van der Waals surface area contributed by atoms with Gasteiger partial charge in [-0.15, -0.1) is 0 Å². The molecule has 2 saturated heterocycles.